The van der Waals surface area contributed by atoms with E-state index >= 15 is 0 Å². The zero-order valence-electron chi connectivity index (χ0n) is 10.9. The van der Waals surface area contributed by atoms with Gasteiger partial charge in [-0.05, 0) is 38.6 Å². The predicted molar refractivity (Wildman–Crippen MR) is 73.1 cm³/mol. The average molecular weight is 254 g/mol. The molecule has 0 aliphatic rings. The monoisotopic (exact) mass is 254 g/mol. The van der Waals surface area contributed by atoms with E-state index in [1.165, 1.54) is 4.88 Å². The topological polar surface area (TPSA) is 46.3 Å². The van der Waals surface area contributed by atoms with E-state index in [1.54, 1.807) is 11.3 Å². The molecule has 2 N–H and O–H groups in total. The Bertz CT molecular complexity index is 346. The third-order valence-corrected chi connectivity index (χ3v) is 3.90. The van der Waals surface area contributed by atoms with Gasteiger partial charge in [0.15, 0.2) is 0 Å². The van der Waals surface area contributed by atoms with Gasteiger partial charge in [0.05, 0.1) is 5.41 Å². The average Bonchev–Trinajstić information content (AvgIpc) is 2.82. The van der Waals surface area contributed by atoms with Gasteiger partial charge < -0.3 is 10.6 Å². The molecule has 1 aromatic rings. The van der Waals surface area contributed by atoms with Crippen molar-refractivity contribution in [2.45, 2.75) is 27.2 Å². The standard InChI is InChI=1S/C13H22N2OS/c1-4-15(12(16)13(2,3)10-14)8-7-11-6-5-9-17-11/h5-6,9H,4,7-8,10,14H2,1-3H3. The normalized spacial score (nSPS) is 11.5. The van der Waals surface area contributed by atoms with Crippen LogP contribution in [0.5, 0.6) is 0 Å². The molecular weight excluding hydrogens is 232 g/mol. The fourth-order valence-corrected chi connectivity index (χ4v) is 2.32. The first kappa shape index (κ1) is 14.2. The maximum Gasteiger partial charge on any atom is 0.229 e. The maximum absolute atomic E-state index is 12.2. The lowest BCUT2D eigenvalue weighted by Gasteiger charge is -2.30. The van der Waals surface area contributed by atoms with E-state index in [4.69, 9.17) is 5.73 Å². The number of hydrogen-bond acceptors (Lipinski definition) is 3. The second-order valence-electron chi connectivity index (χ2n) is 4.80. The molecule has 0 bridgehead atoms. The summed E-state index contributed by atoms with van der Waals surface area (Å²) in [5.74, 6) is 0.152. The first-order valence-electron chi connectivity index (χ1n) is 6.03. The number of carbonyl (C=O) groups is 1. The highest BCUT2D eigenvalue weighted by Gasteiger charge is 2.29. The van der Waals surface area contributed by atoms with E-state index in [0.29, 0.717) is 6.54 Å². The van der Waals surface area contributed by atoms with Gasteiger partial charge in [-0.15, -0.1) is 11.3 Å². The molecule has 0 atom stereocenters. The van der Waals surface area contributed by atoms with Crippen LogP contribution >= 0.6 is 11.3 Å². The summed E-state index contributed by atoms with van der Waals surface area (Å²) in [6.07, 6.45) is 0.928. The van der Waals surface area contributed by atoms with Crippen molar-refractivity contribution in [3.05, 3.63) is 22.4 Å². The van der Waals surface area contributed by atoms with Crippen molar-refractivity contribution >= 4 is 17.2 Å². The highest BCUT2D eigenvalue weighted by molar-refractivity contribution is 7.09. The van der Waals surface area contributed by atoms with Crippen LogP contribution in [-0.2, 0) is 11.2 Å². The minimum atomic E-state index is -0.453. The third-order valence-electron chi connectivity index (χ3n) is 2.97. The summed E-state index contributed by atoms with van der Waals surface area (Å²) in [4.78, 5) is 15.5. The minimum absolute atomic E-state index is 0.152. The molecule has 3 nitrogen and oxygen atoms in total. The van der Waals surface area contributed by atoms with Gasteiger partial charge in [0, 0.05) is 24.5 Å². The van der Waals surface area contributed by atoms with E-state index in [0.717, 1.165) is 19.5 Å². The summed E-state index contributed by atoms with van der Waals surface area (Å²) >= 11 is 1.74. The van der Waals surface area contributed by atoms with Gasteiger partial charge in [-0.25, -0.2) is 0 Å². The molecule has 0 saturated carbocycles. The molecule has 0 aliphatic heterocycles. The fourth-order valence-electron chi connectivity index (χ4n) is 1.62. The summed E-state index contributed by atoms with van der Waals surface area (Å²) in [7, 11) is 0. The molecule has 0 spiro atoms. The van der Waals surface area contributed by atoms with Crippen molar-refractivity contribution in [3.63, 3.8) is 0 Å². The maximum atomic E-state index is 12.2. The molecule has 0 aliphatic carbocycles. The molecule has 0 radical (unpaired) electrons. The molecule has 0 saturated heterocycles. The smallest absolute Gasteiger partial charge is 0.229 e. The number of hydrogen-bond donors (Lipinski definition) is 1. The summed E-state index contributed by atoms with van der Waals surface area (Å²) in [6.45, 7) is 7.74. The Balaban J connectivity index is 2.56. The molecule has 17 heavy (non-hydrogen) atoms. The van der Waals surface area contributed by atoms with Gasteiger partial charge in [0.2, 0.25) is 5.91 Å². The van der Waals surface area contributed by atoms with Crippen LogP contribution in [0.15, 0.2) is 17.5 Å². The van der Waals surface area contributed by atoms with Gasteiger partial charge in [-0.2, -0.15) is 0 Å². The summed E-state index contributed by atoms with van der Waals surface area (Å²) < 4.78 is 0. The quantitative estimate of drug-likeness (QED) is 0.845. The van der Waals surface area contributed by atoms with E-state index in [9.17, 15) is 4.79 Å². The Kier molecular flexibility index (Phi) is 5.15. The predicted octanol–water partition coefficient (Wildman–Crippen LogP) is 2.12. The van der Waals surface area contributed by atoms with E-state index in [2.05, 4.69) is 11.4 Å². The van der Waals surface area contributed by atoms with Crippen LogP contribution in [0.1, 0.15) is 25.6 Å². The number of nitrogens with zero attached hydrogens (tertiary/aromatic N) is 1. The molecule has 1 aromatic heterocycles. The molecule has 1 amide bonds. The van der Waals surface area contributed by atoms with Gasteiger partial charge in [-0.1, -0.05) is 6.07 Å². The van der Waals surface area contributed by atoms with E-state index in [1.807, 2.05) is 31.7 Å². The van der Waals surface area contributed by atoms with Gasteiger partial charge in [0.1, 0.15) is 0 Å². The Morgan fingerprint density at radius 1 is 1.53 bits per heavy atom. The van der Waals surface area contributed by atoms with Gasteiger partial charge >= 0.3 is 0 Å². The molecule has 0 unspecified atom stereocenters. The molecule has 0 fully saturated rings. The molecular formula is C13H22N2OS. The number of carbonyl (C=O) groups excluding carboxylic acids is 1. The van der Waals surface area contributed by atoms with Gasteiger partial charge in [-0.3, -0.25) is 4.79 Å². The van der Waals surface area contributed by atoms with Crippen LogP contribution in [0.25, 0.3) is 0 Å². The Hall–Kier alpha value is -0.870. The molecule has 0 aromatic carbocycles. The minimum Gasteiger partial charge on any atom is -0.342 e. The van der Waals surface area contributed by atoms with Crippen molar-refractivity contribution in [1.29, 1.82) is 0 Å². The fraction of sp³-hybridized carbons (Fsp3) is 0.615. The molecule has 1 heterocycles. The largest absolute Gasteiger partial charge is 0.342 e. The van der Waals surface area contributed by atoms with Crippen molar-refractivity contribution in [1.82, 2.24) is 4.90 Å². The Morgan fingerprint density at radius 2 is 2.24 bits per heavy atom. The number of nitrogens with two attached hydrogens (primary N) is 1. The second-order valence-corrected chi connectivity index (χ2v) is 5.83. The van der Waals surface area contributed by atoms with Crippen LogP contribution in [0.3, 0.4) is 0 Å². The SMILES string of the molecule is CCN(CCc1cccs1)C(=O)C(C)(C)CN. The van der Waals surface area contributed by atoms with Crippen molar-refractivity contribution in [3.8, 4) is 0 Å². The van der Waals surface area contributed by atoms with Crippen LogP contribution in [0.4, 0.5) is 0 Å². The zero-order valence-corrected chi connectivity index (χ0v) is 11.7. The first-order chi connectivity index (χ1) is 8.01. The summed E-state index contributed by atoms with van der Waals surface area (Å²) in [6, 6.07) is 4.15. The third kappa shape index (κ3) is 3.82. The molecule has 1 rings (SSSR count). The lowest BCUT2D eigenvalue weighted by molar-refractivity contribution is -0.139. The van der Waals surface area contributed by atoms with Crippen LogP contribution in [0.2, 0.25) is 0 Å². The summed E-state index contributed by atoms with van der Waals surface area (Å²) in [5, 5.41) is 2.07. The first-order valence-corrected chi connectivity index (χ1v) is 6.91. The van der Waals surface area contributed by atoms with Crippen molar-refractivity contribution in [2.24, 2.45) is 11.1 Å². The Morgan fingerprint density at radius 3 is 2.71 bits per heavy atom. The van der Waals surface area contributed by atoms with Crippen LogP contribution in [-0.4, -0.2) is 30.4 Å². The number of rotatable bonds is 6. The van der Waals surface area contributed by atoms with Crippen LogP contribution in [0, 0.1) is 5.41 Å². The van der Waals surface area contributed by atoms with E-state index < -0.39 is 5.41 Å². The number of likely N-dealkylation sites (N-methyl/N-ethyl adjacent to an activating group) is 1. The summed E-state index contributed by atoms with van der Waals surface area (Å²) in [5.41, 5.74) is 5.19. The van der Waals surface area contributed by atoms with Crippen LogP contribution < -0.4 is 5.73 Å². The number of thiophene rings is 1. The number of amides is 1. The highest BCUT2D eigenvalue weighted by Crippen LogP contribution is 2.18. The Labute approximate surface area is 108 Å². The van der Waals surface area contributed by atoms with Crippen molar-refractivity contribution < 1.29 is 4.79 Å². The van der Waals surface area contributed by atoms with E-state index in [-0.39, 0.29) is 5.91 Å². The van der Waals surface area contributed by atoms with Gasteiger partial charge in [0.25, 0.3) is 0 Å². The highest BCUT2D eigenvalue weighted by atomic mass is 32.1. The van der Waals surface area contributed by atoms with Crippen molar-refractivity contribution in [2.75, 3.05) is 19.6 Å². The second kappa shape index (κ2) is 6.17. The lowest BCUT2D eigenvalue weighted by atomic mass is 9.92. The molecule has 96 valence electrons. The molecule has 4 heteroatoms. The lowest BCUT2D eigenvalue weighted by Crippen LogP contribution is -2.45. The zero-order chi connectivity index (χ0) is 12.9.